The maximum absolute atomic E-state index is 5.57. The molecule has 0 aliphatic carbocycles. The molecule has 3 heteroatoms. The van der Waals surface area contributed by atoms with Gasteiger partial charge >= 0.3 is 0 Å². The number of nitrogens with one attached hydrogen (secondary N) is 1. The van der Waals surface area contributed by atoms with E-state index >= 15 is 0 Å². The maximum Gasteiger partial charge on any atom is 0.0700 e. The molecule has 1 N–H and O–H groups in total. The fourth-order valence-corrected chi connectivity index (χ4v) is 2.24. The first-order valence-corrected chi connectivity index (χ1v) is 5.79. The maximum atomic E-state index is 5.57. The number of rotatable bonds is 4. The van der Waals surface area contributed by atoms with Crippen molar-refractivity contribution >= 4 is 0 Å². The molecule has 2 rings (SSSR count). The molecule has 3 atom stereocenters. The molecule has 14 heavy (non-hydrogen) atoms. The van der Waals surface area contributed by atoms with E-state index in [4.69, 9.17) is 9.47 Å². The number of ether oxygens (including phenoxy) is 2. The number of hydrogen-bond donors (Lipinski definition) is 1. The molecule has 2 saturated heterocycles. The van der Waals surface area contributed by atoms with Crippen LogP contribution in [0.4, 0.5) is 0 Å². The molecular formula is C11H21NO2. The summed E-state index contributed by atoms with van der Waals surface area (Å²) in [5.41, 5.74) is 0. The zero-order chi connectivity index (χ0) is 9.80. The van der Waals surface area contributed by atoms with E-state index in [1.807, 2.05) is 0 Å². The highest BCUT2D eigenvalue weighted by atomic mass is 16.5. The molecule has 0 aromatic rings. The monoisotopic (exact) mass is 199 g/mol. The Labute approximate surface area is 86.2 Å². The lowest BCUT2D eigenvalue weighted by molar-refractivity contribution is 0.104. The normalized spacial score (nSPS) is 34.9. The van der Waals surface area contributed by atoms with Crippen molar-refractivity contribution in [3.8, 4) is 0 Å². The summed E-state index contributed by atoms with van der Waals surface area (Å²) in [4.78, 5) is 0. The van der Waals surface area contributed by atoms with Crippen LogP contribution in [-0.4, -0.2) is 38.5 Å². The SMILES string of the molecule is CC(NCC1CCCO1)C1CCOC1. The average molecular weight is 199 g/mol. The third-order valence-electron chi connectivity index (χ3n) is 3.36. The van der Waals surface area contributed by atoms with Crippen LogP contribution in [0.25, 0.3) is 0 Å². The van der Waals surface area contributed by atoms with Gasteiger partial charge in [0.1, 0.15) is 0 Å². The van der Waals surface area contributed by atoms with Gasteiger partial charge in [0.25, 0.3) is 0 Å². The minimum absolute atomic E-state index is 0.458. The second-order valence-corrected chi connectivity index (χ2v) is 4.46. The summed E-state index contributed by atoms with van der Waals surface area (Å²) in [6.45, 7) is 6.09. The van der Waals surface area contributed by atoms with Crippen LogP contribution in [0.3, 0.4) is 0 Å². The topological polar surface area (TPSA) is 30.5 Å². The zero-order valence-corrected chi connectivity index (χ0v) is 9.00. The molecule has 0 radical (unpaired) electrons. The Hall–Kier alpha value is -0.120. The quantitative estimate of drug-likeness (QED) is 0.737. The lowest BCUT2D eigenvalue weighted by atomic mass is 10.0. The molecule has 3 unspecified atom stereocenters. The van der Waals surface area contributed by atoms with E-state index < -0.39 is 0 Å². The van der Waals surface area contributed by atoms with Crippen molar-refractivity contribution in [2.45, 2.75) is 38.3 Å². The first-order valence-electron chi connectivity index (χ1n) is 5.79. The Morgan fingerprint density at radius 3 is 2.93 bits per heavy atom. The Balaban J connectivity index is 1.63. The van der Waals surface area contributed by atoms with Gasteiger partial charge in [0.2, 0.25) is 0 Å². The molecule has 0 aromatic carbocycles. The predicted octanol–water partition coefficient (Wildman–Crippen LogP) is 1.18. The van der Waals surface area contributed by atoms with E-state index in [9.17, 15) is 0 Å². The third kappa shape index (κ3) is 2.69. The van der Waals surface area contributed by atoms with E-state index in [0.29, 0.717) is 18.1 Å². The van der Waals surface area contributed by atoms with E-state index in [-0.39, 0.29) is 0 Å². The van der Waals surface area contributed by atoms with Crippen molar-refractivity contribution in [3.05, 3.63) is 0 Å². The van der Waals surface area contributed by atoms with Crippen LogP contribution in [0.15, 0.2) is 0 Å². The van der Waals surface area contributed by atoms with Crippen molar-refractivity contribution in [3.63, 3.8) is 0 Å². The van der Waals surface area contributed by atoms with E-state index in [0.717, 1.165) is 26.4 Å². The van der Waals surface area contributed by atoms with Crippen LogP contribution in [-0.2, 0) is 9.47 Å². The van der Waals surface area contributed by atoms with Gasteiger partial charge in [-0.25, -0.2) is 0 Å². The molecule has 0 saturated carbocycles. The van der Waals surface area contributed by atoms with Crippen LogP contribution < -0.4 is 5.32 Å². The minimum atomic E-state index is 0.458. The van der Waals surface area contributed by atoms with Crippen LogP contribution in [0.1, 0.15) is 26.2 Å². The standard InChI is InChI=1S/C11H21NO2/c1-9(10-4-6-13-8-10)12-7-11-3-2-5-14-11/h9-12H,2-8H2,1H3. The lowest BCUT2D eigenvalue weighted by Crippen LogP contribution is -2.38. The summed E-state index contributed by atoms with van der Waals surface area (Å²) in [5.74, 6) is 0.705. The van der Waals surface area contributed by atoms with Crippen LogP contribution in [0.2, 0.25) is 0 Å². The van der Waals surface area contributed by atoms with Gasteiger partial charge in [-0.1, -0.05) is 0 Å². The van der Waals surface area contributed by atoms with Gasteiger partial charge in [-0.05, 0) is 32.1 Å². The molecule has 2 aliphatic heterocycles. The van der Waals surface area contributed by atoms with Gasteiger partial charge in [-0.15, -0.1) is 0 Å². The third-order valence-corrected chi connectivity index (χ3v) is 3.36. The molecule has 0 amide bonds. The molecular weight excluding hydrogens is 178 g/mol. The van der Waals surface area contributed by atoms with Gasteiger partial charge in [0, 0.05) is 25.8 Å². The molecule has 0 spiro atoms. The molecule has 2 heterocycles. The Kier molecular flexibility index (Phi) is 3.79. The van der Waals surface area contributed by atoms with E-state index in [2.05, 4.69) is 12.2 Å². The van der Waals surface area contributed by atoms with Crippen molar-refractivity contribution in [1.82, 2.24) is 5.32 Å². The van der Waals surface area contributed by atoms with Gasteiger partial charge in [-0.3, -0.25) is 0 Å². The second-order valence-electron chi connectivity index (χ2n) is 4.46. The number of hydrogen-bond acceptors (Lipinski definition) is 3. The van der Waals surface area contributed by atoms with Crippen LogP contribution >= 0.6 is 0 Å². The van der Waals surface area contributed by atoms with Gasteiger partial charge in [-0.2, -0.15) is 0 Å². The zero-order valence-electron chi connectivity index (χ0n) is 9.00. The van der Waals surface area contributed by atoms with Crippen LogP contribution in [0, 0.1) is 5.92 Å². The Morgan fingerprint density at radius 2 is 2.29 bits per heavy atom. The summed E-state index contributed by atoms with van der Waals surface area (Å²) >= 11 is 0. The molecule has 0 aromatic heterocycles. The van der Waals surface area contributed by atoms with E-state index in [1.54, 1.807) is 0 Å². The smallest absolute Gasteiger partial charge is 0.0700 e. The van der Waals surface area contributed by atoms with Gasteiger partial charge < -0.3 is 14.8 Å². The van der Waals surface area contributed by atoms with Gasteiger partial charge in [0.05, 0.1) is 12.7 Å². The molecule has 0 bridgehead atoms. The summed E-state index contributed by atoms with van der Waals surface area (Å²) in [5, 5.41) is 3.56. The highest BCUT2D eigenvalue weighted by molar-refractivity contribution is 4.77. The Morgan fingerprint density at radius 1 is 1.36 bits per heavy atom. The second kappa shape index (κ2) is 5.10. The van der Waals surface area contributed by atoms with Crippen molar-refractivity contribution in [2.24, 2.45) is 5.92 Å². The molecule has 2 fully saturated rings. The van der Waals surface area contributed by atoms with Crippen molar-refractivity contribution < 1.29 is 9.47 Å². The van der Waals surface area contributed by atoms with Crippen LogP contribution in [0.5, 0.6) is 0 Å². The summed E-state index contributed by atoms with van der Waals surface area (Å²) in [6.07, 6.45) is 4.12. The van der Waals surface area contributed by atoms with Crippen molar-refractivity contribution in [2.75, 3.05) is 26.4 Å². The molecule has 82 valence electrons. The lowest BCUT2D eigenvalue weighted by Gasteiger charge is -2.21. The first-order chi connectivity index (χ1) is 6.86. The Bertz CT molecular complexity index is 163. The minimum Gasteiger partial charge on any atom is -0.381 e. The fourth-order valence-electron chi connectivity index (χ4n) is 2.24. The van der Waals surface area contributed by atoms with Crippen molar-refractivity contribution in [1.29, 1.82) is 0 Å². The average Bonchev–Trinajstić information content (AvgIpc) is 2.87. The summed E-state index contributed by atoms with van der Waals surface area (Å²) in [7, 11) is 0. The molecule has 2 aliphatic rings. The first kappa shape index (κ1) is 10.4. The largest absolute Gasteiger partial charge is 0.381 e. The summed E-state index contributed by atoms with van der Waals surface area (Å²) < 4.78 is 11.0. The predicted molar refractivity (Wildman–Crippen MR) is 55.4 cm³/mol. The highest BCUT2D eigenvalue weighted by Crippen LogP contribution is 2.17. The fraction of sp³-hybridized carbons (Fsp3) is 1.00. The highest BCUT2D eigenvalue weighted by Gasteiger charge is 2.23. The van der Waals surface area contributed by atoms with E-state index in [1.165, 1.54) is 19.3 Å². The van der Waals surface area contributed by atoms with Gasteiger partial charge in [0.15, 0.2) is 0 Å². The molecule has 3 nitrogen and oxygen atoms in total. The summed E-state index contributed by atoms with van der Waals surface area (Å²) in [6, 6.07) is 0.571.